The minimum Gasteiger partial charge on any atom is -0.497 e. The van der Waals surface area contributed by atoms with Crippen LogP contribution in [0.5, 0.6) is 5.75 Å². The Labute approximate surface area is 146 Å². The number of nitrogens with one attached hydrogen (secondary N) is 1. The maximum Gasteiger partial charge on any atom is 0.231 e. The first-order chi connectivity index (χ1) is 12.1. The van der Waals surface area contributed by atoms with Crippen LogP contribution in [0.4, 0.5) is 5.69 Å². The molecule has 0 radical (unpaired) electrons. The van der Waals surface area contributed by atoms with Crippen molar-refractivity contribution in [2.75, 3.05) is 12.4 Å². The van der Waals surface area contributed by atoms with Crippen molar-refractivity contribution in [3.8, 4) is 11.8 Å². The lowest BCUT2D eigenvalue weighted by atomic mass is 9.97. The Morgan fingerprint density at radius 1 is 1.08 bits per heavy atom. The van der Waals surface area contributed by atoms with Gasteiger partial charge in [-0.2, -0.15) is 5.26 Å². The number of amides is 1. The maximum atomic E-state index is 12.5. The van der Waals surface area contributed by atoms with Gasteiger partial charge < -0.3 is 10.1 Å². The Balaban J connectivity index is 1.81. The van der Waals surface area contributed by atoms with Crippen molar-refractivity contribution in [2.24, 2.45) is 0 Å². The molecule has 4 nitrogen and oxygen atoms in total. The van der Waals surface area contributed by atoms with Gasteiger partial charge in [-0.3, -0.25) is 4.79 Å². The van der Waals surface area contributed by atoms with Gasteiger partial charge in [0.05, 0.1) is 24.7 Å². The molecule has 1 amide bonds. The van der Waals surface area contributed by atoms with Crippen molar-refractivity contribution in [3.63, 3.8) is 0 Å². The number of nitriles is 1. The van der Waals surface area contributed by atoms with Crippen LogP contribution in [0.3, 0.4) is 0 Å². The molecule has 3 rings (SSSR count). The van der Waals surface area contributed by atoms with Crippen LogP contribution in [0.25, 0.3) is 10.8 Å². The van der Waals surface area contributed by atoms with Crippen LogP contribution < -0.4 is 10.1 Å². The molecule has 0 saturated heterocycles. The van der Waals surface area contributed by atoms with E-state index in [-0.39, 0.29) is 11.8 Å². The topological polar surface area (TPSA) is 62.1 Å². The molecule has 0 aromatic heterocycles. The molecule has 0 unspecified atom stereocenters. The third-order valence-electron chi connectivity index (χ3n) is 4.22. The van der Waals surface area contributed by atoms with Crippen LogP contribution in [0.2, 0.25) is 0 Å². The second kappa shape index (κ2) is 7.06. The summed E-state index contributed by atoms with van der Waals surface area (Å²) in [6.45, 7) is 1.87. The highest BCUT2D eigenvalue weighted by Crippen LogP contribution is 2.26. The highest BCUT2D eigenvalue weighted by atomic mass is 16.5. The summed E-state index contributed by atoms with van der Waals surface area (Å²) in [7, 11) is 1.64. The molecule has 0 aliphatic rings. The minimum atomic E-state index is -0.308. The molecule has 0 bridgehead atoms. The van der Waals surface area contributed by atoms with Crippen LogP contribution in [0, 0.1) is 11.3 Å². The monoisotopic (exact) mass is 330 g/mol. The Bertz CT molecular complexity index is 973. The zero-order valence-corrected chi connectivity index (χ0v) is 14.1. The van der Waals surface area contributed by atoms with Gasteiger partial charge in [-0.15, -0.1) is 0 Å². The van der Waals surface area contributed by atoms with Gasteiger partial charge in [0.15, 0.2) is 0 Å². The number of rotatable bonds is 4. The first kappa shape index (κ1) is 16.5. The van der Waals surface area contributed by atoms with Crippen molar-refractivity contribution in [2.45, 2.75) is 12.8 Å². The van der Waals surface area contributed by atoms with Crippen LogP contribution in [-0.4, -0.2) is 13.0 Å². The van der Waals surface area contributed by atoms with E-state index in [1.807, 2.05) is 43.3 Å². The van der Waals surface area contributed by atoms with E-state index in [2.05, 4.69) is 11.4 Å². The van der Waals surface area contributed by atoms with E-state index in [1.165, 1.54) is 0 Å². The summed E-state index contributed by atoms with van der Waals surface area (Å²) < 4.78 is 5.24. The van der Waals surface area contributed by atoms with Crippen LogP contribution in [0.15, 0.2) is 60.7 Å². The first-order valence-corrected chi connectivity index (χ1v) is 7.99. The molecule has 0 fully saturated rings. The summed E-state index contributed by atoms with van der Waals surface area (Å²) in [4.78, 5) is 12.5. The van der Waals surface area contributed by atoms with Gasteiger partial charge in [0.25, 0.3) is 0 Å². The molecule has 1 N–H and O–H groups in total. The number of ether oxygens (including phenoxy) is 1. The van der Waals surface area contributed by atoms with E-state index in [1.54, 1.807) is 31.4 Å². The van der Waals surface area contributed by atoms with Gasteiger partial charge in [-0.25, -0.2) is 0 Å². The van der Waals surface area contributed by atoms with Crippen molar-refractivity contribution < 1.29 is 9.53 Å². The number of fused-ring (bicyclic) bond motifs is 1. The average Bonchev–Trinajstić information content (AvgIpc) is 2.66. The molecule has 0 aliphatic carbocycles. The maximum absolute atomic E-state index is 12.5. The summed E-state index contributed by atoms with van der Waals surface area (Å²) >= 11 is 0. The molecule has 0 saturated carbocycles. The Morgan fingerprint density at radius 3 is 2.60 bits per heavy atom. The minimum absolute atomic E-state index is 0.108. The number of nitrogens with zero attached hydrogens (tertiary/aromatic N) is 1. The lowest BCUT2D eigenvalue weighted by Crippen LogP contribution is -2.18. The van der Waals surface area contributed by atoms with Gasteiger partial charge >= 0.3 is 0 Å². The highest BCUT2D eigenvalue weighted by molar-refractivity contribution is 5.96. The van der Waals surface area contributed by atoms with Gasteiger partial charge in [-0.1, -0.05) is 30.3 Å². The van der Waals surface area contributed by atoms with Crippen molar-refractivity contribution in [3.05, 3.63) is 71.8 Å². The third kappa shape index (κ3) is 3.61. The van der Waals surface area contributed by atoms with Crippen LogP contribution in [-0.2, 0) is 4.79 Å². The fraction of sp³-hybridized carbons (Fsp3) is 0.143. The second-order valence-corrected chi connectivity index (χ2v) is 5.88. The predicted molar refractivity (Wildman–Crippen MR) is 98.7 cm³/mol. The number of anilines is 1. The van der Waals surface area contributed by atoms with E-state index in [0.717, 1.165) is 22.1 Å². The normalized spacial score (nSPS) is 11.6. The molecule has 3 aromatic rings. The fourth-order valence-electron chi connectivity index (χ4n) is 2.71. The Morgan fingerprint density at radius 2 is 1.84 bits per heavy atom. The summed E-state index contributed by atoms with van der Waals surface area (Å²) in [6, 6.07) is 20.8. The van der Waals surface area contributed by atoms with Gasteiger partial charge in [0.2, 0.25) is 5.91 Å². The summed E-state index contributed by atoms with van der Waals surface area (Å²) in [5.41, 5.74) is 2.08. The van der Waals surface area contributed by atoms with E-state index >= 15 is 0 Å². The molecule has 0 aliphatic heterocycles. The number of benzene rings is 3. The number of hydrogen-bond acceptors (Lipinski definition) is 3. The highest BCUT2D eigenvalue weighted by Gasteiger charge is 2.16. The number of hydrogen-bond donors (Lipinski definition) is 1. The Kier molecular flexibility index (Phi) is 4.67. The summed E-state index contributed by atoms with van der Waals surface area (Å²) in [5.74, 6) is 0.392. The predicted octanol–water partition coefficient (Wildman–Crippen LogP) is 4.46. The lowest BCUT2D eigenvalue weighted by molar-refractivity contribution is -0.117. The molecule has 4 heteroatoms. The summed E-state index contributed by atoms with van der Waals surface area (Å²) in [5, 5.41) is 13.9. The zero-order chi connectivity index (χ0) is 17.8. The largest absolute Gasteiger partial charge is 0.497 e. The molecule has 3 aromatic carbocycles. The number of methoxy groups -OCH3 is 1. The van der Waals surface area contributed by atoms with Crippen LogP contribution >= 0.6 is 0 Å². The second-order valence-electron chi connectivity index (χ2n) is 5.88. The van der Waals surface area contributed by atoms with E-state index in [4.69, 9.17) is 10.00 Å². The Hall–Kier alpha value is -3.32. The number of carbonyl (C=O) groups excluding carboxylic acids is 1. The van der Waals surface area contributed by atoms with Gasteiger partial charge in [0, 0.05) is 5.69 Å². The third-order valence-corrected chi connectivity index (χ3v) is 4.22. The van der Waals surface area contributed by atoms with E-state index < -0.39 is 0 Å². The quantitative estimate of drug-likeness (QED) is 0.768. The lowest BCUT2D eigenvalue weighted by Gasteiger charge is -2.14. The molecule has 25 heavy (non-hydrogen) atoms. The molecule has 1 atom stereocenters. The number of carbonyl (C=O) groups is 1. The molecule has 124 valence electrons. The molecular formula is C21H18N2O2. The zero-order valence-electron chi connectivity index (χ0n) is 14.1. The van der Waals surface area contributed by atoms with E-state index in [9.17, 15) is 4.79 Å². The van der Waals surface area contributed by atoms with E-state index in [0.29, 0.717) is 11.3 Å². The molecular weight excluding hydrogens is 312 g/mol. The average molecular weight is 330 g/mol. The smallest absolute Gasteiger partial charge is 0.231 e. The molecule has 0 spiro atoms. The summed E-state index contributed by atoms with van der Waals surface area (Å²) in [6.07, 6.45) is 0. The van der Waals surface area contributed by atoms with Crippen molar-refractivity contribution in [1.29, 1.82) is 5.26 Å². The van der Waals surface area contributed by atoms with Crippen molar-refractivity contribution in [1.82, 2.24) is 0 Å². The van der Waals surface area contributed by atoms with Gasteiger partial charge in [-0.05, 0) is 53.6 Å². The van der Waals surface area contributed by atoms with Gasteiger partial charge in [0.1, 0.15) is 5.75 Å². The SMILES string of the molecule is COc1ccc2cc([C@@H](C)C(=O)Nc3cccc(C#N)c3)ccc2c1. The first-order valence-electron chi connectivity index (χ1n) is 7.99. The molecule has 0 heterocycles. The van der Waals surface area contributed by atoms with Crippen molar-refractivity contribution >= 4 is 22.4 Å². The van der Waals surface area contributed by atoms with Crippen LogP contribution in [0.1, 0.15) is 24.0 Å². The standard InChI is InChI=1S/C21H18N2O2/c1-14(21(24)23-19-5-3-4-15(10-19)13-22)16-6-7-18-12-20(25-2)9-8-17(18)11-16/h3-12,14H,1-2H3,(H,23,24)/t14-/m1/s1. The fourth-order valence-corrected chi connectivity index (χ4v) is 2.71.